The number of aromatic nitrogens is 3. The molecule has 0 radical (unpaired) electrons. The van der Waals surface area contributed by atoms with E-state index in [0.717, 1.165) is 24.2 Å². The SMILES string of the molecule is CCN(CC)CCNC(=O)c1ccc2c(=O)n(C)c(=O)n(C)c2n1. The lowest BCUT2D eigenvalue weighted by molar-refractivity contribution is 0.0944. The number of nitrogens with one attached hydrogen (secondary N) is 1. The molecule has 0 unspecified atom stereocenters. The van der Waals surface area contributed by atoms with Gasteiger partial charge in [0, 0.05) is 27.2 Å². The van der Waals surface area contributed by atoms with Crippen LogP contribution in [0.15, 0.2) is 21.7 Å². The van der Waals surface area contributed by atoms with Crippen molar-refractivity contribution in [1.29, 1.82) is 0 Å². The largest absolute Gasteiger partial charge is 0.349 e. The highest BCUT2D eigenvalue weighted by atomic mass is 16.2. The van der Waals surface area contributed by atoms with Crippen LogP contribution in [0.3, 0.4) is 0 Å². The first-order valence-corrected chi connectivity index (χ1v) is 7.98. The topological polar surface area (TPSA) is 89.2 Å². The summed E-state index contributed by atoms with van der Waals surface area (Å²) in [4.78, 5) is 42.7. The third kappa shape index (κ3) is 3.38. The molecule has 8 nitrogen and oxygen atoms in total. The van der Waals surface area contributed by atoms with E-state index in [1.54, 1.807) is 0 Å². The minimum absolute atomic E-state index is 0.185. The van der Waals surface area contributed by atoms with Gasteiger partial charge in [-0.1, -0.05) is 13.8 Å². The number of aryl methyl sites for hydroxylation is 1. The average Bonchev–Trinajstić information content (AvgIpc) is 2.61. The predicted octanol–water partition coefficient (Wildman–Crippen LogP) is -0.296. The van der Waals surface area contributed by atoms with E-state index in [0.29, 0.717) is 11.9 Å². The average molecular weight is 333 g/mol. The lowest BCUT2D eigenvalue weighted by Gasteiger charge is -2.17. The Hall–Kier alpha value is -2.48. The van der Waals surface area contributed by atoms with Crippen LogP contribution in [0.5, 0.6) is 0 Å². The van der Waals surface area contributed by atoms with Crippen LogP contribution in [0.4, 0.5) is 0 Å². The first kappa shape index (κ1) is 17.9. The molecule has 2 rings (SSSR count). The molecule has 8 heteroatoms. The van der Waals surface area contributed by atoms with Crippen LogP contribution in [-0.2, 0) is 14.1 Å². The summed E-state index contributed by atoms with van der Waals surface area (Å²) in [7, 11) is 2.94. The number of pyridine rings is 1. The molecule has 0 spiro atoms. The summed E-state index contributed by atoms with van der Waals surface area (Å²) in [5, 5.41) is 3.11. The zero-order valence-corrected chi connectivity index (χ0v) is 14.5. The maximum Gasteiger partial charge on any atom is 0.332 e. The molecule has 0 bridgehead atoms. The fraction of sp³-hybridized carbons (Fsp3) is 0.500. The molecule has 1 amide bonds. The number of carbonyl (C=O) groups excluding carboxylic acids is 1. The van der Waals surface area contributed by atoms with Crippen molar-refractivity contribution >= 4 is 16.9 Å². The first-order valence-electron chi connectivity index (χ1n) is 7.98. The van der Waals surface area contributed by atoms with Crippen molar-refractivity contribution in [2.24, 2.45) is 14.1 Å². The number of rotatable bonds is 6. The third-order valence-corrected chi connectivity index (χ3v) is 4.14. The second kappa shape index (κ2) is 7.39. The molecule has 2 heterocycles. The number of fused-ring (bicyclic) bond motifs is 1. The highest BCUT2D eigenvalue weighted by Crippen LogP contribution is 2.06. The van der Waals surface area contributed by atoms with E-state index >= 15 is 0 Å². The van der Waals surface area contributed by atoms with Crippen molar-refractivity contribution in [3.63, 3.8) is 0 Å². The predicted molar refractivity (Wildman–Crippen MR) is 92.3 cm³/mol. The Morgan fingerprint density at radius 2 is 1.83 bits per heavy atom. The van der Waals surface area contributed by atoms with Gasteiger partial charge in [-0.2, -0.15) is 0 Å². The first-order chi connectivity index (χ1) is 11.4. The van der Waals surface area contributed by atoms with Crippen molar-refractivity contribution in [3.8, 4) is 0 Å². The second-order valence-corrected chi connectivity index (χ2v) is 5.56. The Morgan fingerprint density at radius 1 is 1.17 bits per heavy atom. The van der Waals surface area contributed by atoms with E-state index < -0.39 is 11.2 Å². The minimum atomic E-state index is -0.473. The van der Waals surface area contributed by atoms with Gasteiger partial charge in [-0.25, -0.2) is 9.78 Å². The summed E-state index contributed by atoms with van der Waals surface area (Å²) in [5.74, 6) is -0.322. The Bertz CT molecular complexity index is 864. The van der Waals surface area contributed by atoms with Gasteiger partial charge in [-0.05, 0) is 25.2 Å². The molecule has 0 aliphatic rings. The van der Waals surface area contributed by atoms with E-state index in [-0.39, 0.29) is 17.2 Å². The van der Waals surface area contributed by atoms with Gasteiger partial charge in [0.05, 0.1) is 5.39 Å². The molecule has 0 saturated heterocycles. The maximum atomic E-state index is 12.2. The van der Waals surface area contributed by atoms with Gasteiger partial charge >= 0.3 is 5.69 Å². The standard InChI is InChI=1S/C16H23N5O3/c1-5-21(6-2)10-9-17-14(22)12-8-7-11-13(18-12)19(3)16(24)20(4)15(11)23/h7-8H,5-6,9-10H2,1-4H3,(H,17,22). The third-order valence-electron chi connectivity index (χ3n) is 4.14. The molecular weight excluding hydrogens is 310 g/mol. The summed E-state index contributed by atoms with van der Waals surface area (Å²) >= 11 is 0. The van der Waals surface area contributed by atoms with Crippen LogP contribution in [-0.4, -0.2) is 51.1 Å². The molecule has 0 aliphatic heterocycles. The fourth-order valence-corrected chi connectivity index (χ4v) is 2.54. The van der Waals surface area contributed by atoms with E-state index in [1.165, 1.54) is 30.8 Å². The summed E-state index contributed by atoms with van der Waals surface area (Å²) in [5.41, 5.74) is -0.502. The Kier molecular flexibility index (Phi) is 5.50. The van der Waals surface area contributed by atoms with Crippen molar-refractivity contribution in [1.82, 2.24) is 24.3 Å². The van der Waals surface area contributed by atoms with Gasteiger partial charge < -0.3 is 10.2 Å². The van der Waals surface area contributed by atoms with E-state index in [4.69, 9.17) is 0 Å². The number of carbonyl (C=O) groups is 1. The zero-order chi connectivity index (χ0) is 17.9. The molecule has 2 aromatic heterocycles. The van der Waals surface area contributed by atoms with Crippen LogP contribution in [0.1, 0.15) is 24.3 Å². The molecule has 0 fully saturated rings. The monoisotopic (exact) mass is 333 g/mol. The van der Waals surface area contributed by atoms with Gasteiger partial charge in [0.25, 0.3) is 11.5 Å². The summed E-state index contributed by atoms with van der Waals surface area (Å²) in [6, 6.07) is 3.03. The number of likely N-dealkylation sites (N-methyl/N-ethyl adjacent to an activating group) is 1. The summed E-state index contributed by atoms with van der Waals surface area (Å²) in [6.45, 7) is 7.24. The fourth-order valence-electron chi connectivity index (χ4n) is 2.54. The quantitative estimate of drug-likeness (QED) is 0.784. The van der Waals surface area contributed by atoms with Crippen LogP contribution in [0.25, 0.3) is 11.0 Å². The Morgan fingerprint density at radius 3 is 2.46 bits per heavy atom. The van der Waals surface area contributed by atoms with Crippen molar-refractivity contribution in [2.75, 3.05) is 26.2 Å². The minimum Gasteiger partial charge on any atom is -0.349 e. The molecule has 24 heavy (non-hydrogen) atoms. The lowest BCUT2D eigenvalue weighted by Crippen LogP contribution is -2.38. The van der Waals surface area contributed by atoms with Gasteiger partial charge in [-0.15, -0.1) is 0 Å². The Balaban J connectivity index is 2.26. The molecular formula is C16H23N5O3. The molecule has 130 valence electrons. The van der Waals surface area contributed by atoms with Crippen molar-refractivity contribution in [2.45, 2.75) is 13.8 Å². The van der Waals surface area contributed by atoms with Crippen molar-refractivity contribution < 1.29 is 4.79 Å². The van der Waals surface area contributed by atoms with Crippen LogP contribution in [0.2, 0.25) is 0 Å². The number of hydrogen-bond acceptors (Lipinski definition) is 5. The second-order valence-electron chi connectivity index (χ2n) is 5.56. The molecule has 0 aromatic carbocycles. The van der Waals surface area contributed by atoms with Crippen LogP contribution < -0.4 is 16.6 Å². The molecule has 1 N–H and O–H groups in total. The van der Waals surface area contributed by atoms with Gasteiger partial charge in [0.15, 0.2) is 0 Å². The van der Waals surface area contributed by atoms with Gasteiger partial charge in [0.2, 0.25) is 0 Å². The van der Waals surface area contributed by atoms with Gasteiger partial charge in [0.1, 0.15) is 11.3 Å². The molecule has 0 aliphatic carbocycles. The van der Waals surface area contributed by atoms with Gasteiger partial charge in [-0.3, -0.25) is 18.7 Å². The molecule has 0 atom stereocenters. The van der Waals surface area contributed by atoms with E-state index in [1.807, 2.05) is 0 Å². The number of nitrogens with zero attached hydrogens (tertiary/aromatic N) is 4. The normalized spacial score (nSPS) is 11.2. The Labute approximate surface area is 139 Å². The molecule has 0 saturated carbocycles. The highest BCUT2D eigenvalue weighted by molar-refractivity contribution is 5.94. The highest BCUT2D eigenvalue weighted by Gasteiger charge is 2.13. The number of amides is 1. The van der Waals surface area contributed by atoms with E-state index in [2.05, 4.69) is 29.0 Å². The lowest BCUT2D eigenvalue weighted by atomic mass is 10.2. The number of hydrogen-bond donors (Lipinski definition) is 1. The van der Waals surface area contributed by atoms with Crippen molar-refractivity contribution in [3.05, 3.63) is 38.7 Å². The smallest absolute Gasteiger partial charge is 0.332 e. The summed E-state index contributed by atoms with van der Waals surface area (Å²) < 4.78 is 2.29. The van der Waals surface area contributed by atoms with E-state index in [9.17, 15) is 14.4 Å². The zero-order valence-electron chi connectivity index (χ0n) is 14.5. The maximum absolute atomic E-state index is 12.2. The summed E-state index contributed by atoms with van der Waals surface area (Å²) in [6.07, 6.45) is 0. The molecule has 2 aromatic rings. The van der Waals surface area contributed by atoms with Crippen LogP contribution >= 0.6 is 0 Å². The van der Waals surface area contributed by atoms with Crippen LogP contribution in [0, 0.1) is 0 Å².